The van der Waals surface area contributed by atoms with Gasteiger partial charge in [-0.25, -0.2) is 0 Å². The van der Waals surface area contributed by atoms with Crippen molar-refractivity contribution in [3.8, 4) is 33.4 Å². The highest BCUT2D eigenvalue weighted by Crippen LogP contribution is 2.55. The number of fused-ring (bicyclic) bond motifs is 10. The SMILES string of the molecule is C/C1=C\C=C(\c2cc(C)cc3c2-c2ccc(C)cc2C3(C)C)C2C=CC=C(C2)c2cc(-c3cc(C)cc4c3-c3ccc(C)cc3C4(C)C)ccc21. The Labute approximate surface area is 305 Å². The van der Waals surface area contributed by atoms with Gasteiger partial charge < -0.3 is 0 Å². The van der Waals surface area contributed by atoms with Crippen LogP contribution in [0.15, 0.2) is 109 Å². The predicted octanol–water partition coefficient (Wildman–Crippen LogP) is 13.7. The fourth-order valence-corrected chi connectivity index (χ4v) is 9.80. The highest BCUT2D eigenvalue weighted by molar-refractivity contribution is 5.97. The Morgan fingerprint density at radius 1 is 0.471 bits per heavy atom. The van der Waals surface area contributed by atoms with Crippen LogP contribution < -0.4 is 0 Å². The van der Waals surface area contributed by atoms with E-state index in [0.717, 1.165) is 6.42 Å². The van der Waals surface area contributed by atoms with Crippen molar-refractivity contribution in [2.75, 3.05) is 0 Å². The third-order valence-corrected chi connectivity index (χ3v) is 12.6. The minimum atomic E-state index is -0.0348. The van der Waals surface area contributed by atoms with Gasteiger partial charge >= 0.3 is 0 Å². The van der Waals surface area contributed by atoms with Crippen LogP contribution in [0.25, 0.3) is 50.1 Å². The largest absolute Gasteiger partial charge is 0.0766 e. The second kappa shape index (κ2) is 11.0. The smallest absolute Gasteiger partial charge is 0.0159 e. The lowest BCUT2D eigenvalue weighted by Crippen LogP contribution is -2.15. The third-order valence-electron chi connectivity index (χ3n) is 12.6. The highest BCUT2D eigenvalue weighted by atomic mass is 14.4. The topological polar surface area (TPSA) is 0 Å². The Morgan fingerprint density at radius 2 is 1.02 bits per heavy atom. The maximum absolute atomic E-state index is 2.50. The van der Waals surface area contributed by atoms with Gasteiger partial charge in [0, 0.05) is 16.7 Å². The van der Waals surface area contributed by atoms with E-state index in [0.29, 0.717) is 0 Å². The molecule has 0 saturated carbocycles. The van der Waals surface area contributed by atoms with Gasteiger partial charge in [-0.1, -0.05) is 153 Å². The van der Waals surface area contributed by atoms with Gasteiger partial charge in [-0.3, -0.25) is 0 Å². The summed E-state index contributed by atoms with van der Waals surface area (Å²) in [4.78, 5) is 0. The molecular weight excluding hydrogens is 613 g/mol. The molecule has 0 spiro atoms. The Hall–Kier alpha value is -4.94. The summed E-state index contributed by atoms with van der Waals surface area (Å²) < 4.78 is 0. The monoisotopic (exact) mass is 660 g/mol. The predicted molar refractivity (Wildman–Crippen MR) is 219 cm³/mol. The van der Waals surface area contributed by atoms with Crippen LogP contribution in [0, 0.1) is 33.6 Å². The Balaban J connectivity index is 1.20. The first kappa shape index (κ1) is 32.0. The molecule has 0 N–H and O–H groups in total. The molecule has 5 aromatic carbocycles. The van der Waals surface area contributed by atoms with Gasteiger partial charge in [0.1, 0.15) is 0 Å². The number of aryl methyl sites for hydroxylation is 4. The summed E-state index contributed by atoms with van der Waals surface area (Å²) >= 11 is 0. The Bertz CT molecular complexity index is 2480. The van der Waals surface area contributed by atoms with Crippen LogP contribution in [-0.4, -0.2) is 0 Å². The van der Waals surface area contributed by atoms with Crippen LogP contribution in [0.5, 0.6) is 0 Å². The van der Waals surface area contributed by atoms with Gasteiger partial charge in [-0.15, -0.1) is 0 Å². The summed E-state index contributed by atoms with van der Waals surface area (Å²) in [5, 5.41) is 0. The molecule has 0 aromatic heterocycles. The van der Waals surface area contributed by atoms with Crippen molar-refractivity contribution in [2.24, 2.45) is 5.92 Å². The first-order valence-electron chi connectivity index (χ1n) is 18.8. The van der Waals surface area contributed by atoms with Crippen LogP contribution in [0.4, 0.5) is 0 Å². The number of benzene rings is 5. The van der Waals surface area contributed by atoms with E-state index in [1.165, 1.54) is 111 Å². The number of hydrogen-bond acceptors (Lipinski definition) is 0. The van der Waals surface area contributed by atoms with Gasteiger partial charge in [0.25, 0.3) is 0 Å². The lowest BCUT2D eigenvalue weighted by Gasteiger charge is -2.26. The molecule has 0 saturated heterocycles. The molecular formula is C51H48. The van der Waals surface area contributed by atoms with Gasteiger partial charge in [0.05, 0.1) is 0 Å². The van der Waals surface area contributed by atoms with Crippen LogP contribution >= 0.6 is 0 Å². The summed E-state index contributed by atoms with van der Waals surface area (Å²) in [6.45, 7) is 20.9. The van der Waals surface area contributed by atoms with E-state index in [-0.39, 0.29) is 16.7 Å². The summed E-state index contributed by atoms with van der Waals surface area (Å²) in [6.07, 6.45) is 12.9. The minimum absolute atomic E-state index is 0.0329. The fraction of sp³-hybridized carbons (Fsp3) is 0.255. The summed E-state index contributed by atoms with van der Waals surface area (Å²) in [5.74, 6) is 0.284. The standard InChI is InChI=1S/C51H48/c1-29-13-17-39-44(23-29)50(6,7)46-25-31(3)21-42(48(39)46)36-16-20-37-33(5)15-19-38(34-11-10-12-35(27-34)41(37)28-36)43-22-32(4)26-47-49(43)40-18-14-30(2)24-45(40)51(47,8)9/h10-26,28,34H,27H2,1-9H3/b33-15+,38-19+. The summed E-state index contributed by atoms with van der Waals surface area (Å²) in [5.41, 5.74) is 27.5. The van der Waals surface area contributed by atoms with E-state index in [9.17, 15) is 0 Å². The van der Waals surface area contributed by atoms with E-state index < -0.39 is 0 Å². The molecule has 252 valence electrons. The number of allylic oxidation sites excluding steroid dienone is 8. The van der Waals surface area contributed by atoms with E-state index in [4.69, 9.17) is 0 Å². The quantitative estimate of drug-likeness (QED) is 0.177. The van der Waals surface area contributed by atoms with Crippen LogP contribution in [0.3, 0.4) is 0 Å². The molecule has 0 aliphatic heterocycles. The normalized spacial score (nSPS) is 20.6. The fourth-order valence-electron chi connectivity index (χ4n) is 9.80. The second-order valence-corrected chi connectivity index (χ2v) is 16.9. The molecule has 0 heteroatoms. The average molecular weight is 661 g/mol. The molecule has 4 aliphatic rings. The van der Waals surface area contributed by atoms with Crippen LogP contribution in [0.2, 0.25) is 0 Å². The lowest BCUT2D eigenvalue weighted by atomic mass is 9.77. The molecule has 0 nitrogen and oxygen atoms in total. The zero-order valence-electron chi connectivity index (χ0n) is 31.7. The second-order valence-electron chi connectivity index (χ2n) is 16.9. The van der Waals surface area contributed by atoms with Crippen molar-refractivity contribution in [3.63, 3.8) is 0 Å². The zero-order chi connectivity index (χ0) is 35.6. The first-order chi connectivity index (χ1) is 24.3. The molecule has 51 heavy (non-hydrogen) atoms. The molecule has 0 fully saturated rings. The number of hydrogen-bond donors (Lipinski definition) is 0. The van der Waals surface area contributed by atoms with Crippen molar-refractivity contribution in [2.45, 2.75) is 79.6 Å². The minimum Gasteiger partial charge on any atom is -0.0766 e. The van der Waals surface area contributed by atoms with Crippen molar-refractivity contribution in [1.29, 1.82) is 0 Å². The van der Waals surface area contributed by atoms with Gasteiger partial charge in [0.2, 0.25) is 0 Å². The molecule has 4 aliphatic carbocycles. The van der Waals surface area contributed by atoms with Crippen molar-refractivity contribution < 1.29 is 0 Å². The van der Waals surface area contributed by atoms with Crippen molar-refractivity contribution in [1.82, 2.24) is 0 Å². The van der Waals surface area contributed by atoms with E-state index in [1.807, 2.05) is 0 Å². The highest BCUT2D eigenvalue weighted by Gasteiger charge is 2.39. The number of rotatable bonds is 2. The molecule has 1 atom stereocenters. The van der Waals surface area contributed by atoms with Crippen molar-refractivity contribution >= 4 is 16.7 Å². The summed E-state index contributed by atoms with van der Waals surface area (Å²) in [7, 11) is 0. The Morgan fingerprint density at radius 3 is 1.65 bits per heavy atom. The lowest BCUT2D eigenvalue weighted by molar-refractivity contribution is 0.659. The van der Waals surface area contributed by atoms with Crippen molar-refractivity contribution in [3.05, 3.63) is 170 Å². The first-order valence-corrected chi connectivity index (χ1v) is 18.8. The Kier molecular flexibility index (Phi) is 6.92. The van der Waals surface area contributed by atoms with Gasteiger partial charge in [-0.05, 0) is 136 Å². The molecule has 0 amide bonds. The molecule has 0 heterocycles. The van der Waals surface area contributed by atoms with Crippen LogP contribution in [0.1, 0.15) is 102 Å². The molecule has 9 rings (SSSR count). The maximum Gasteiger partial charge on any atom is 0.0159 e. The third kappa shape index (κ3) is 4.72. The molecule has 1 unspecified atom stereocenters. The van der Waals surface area contributed by atoms with E-state index in [2.05, 4.69) is 172 Å². The van der Waals surface area contributed by atoms with Gasteiger partial charge in [-0.2, -0.15) is 0 Å². The summed E-state index contributed by atoms with van der Waals surface area (Å²) in [6, 6.07) is 31.1. The molecule has 5 aromatic rings. The van der Waals surface area contributed by atoms with E-state index >= 15 is 0 Å². The van der Waals surface area contributed by atoms with E-state index in [1.54, 1.807) is 0 Å². The maximum atomic E-state index is 2.50. The molecule has 0 radical (unpaired) electrons. The average Bonchev–Trinajstić information content (AvgIpc) is 3.47. The molecule has 2 bridgehead atoms. The van der Waals surface area contributed by atoms with Crippen LogP contribution in [-0.2, 0) is 10.8 Å². The van der Waals surface area contributed by atoms with Gasteiger partial charge in [0.15, 0.2) is 0 Å². The zero-order valence-corrected chi connectivity index (χ0v) is 31.7.